The minimum Gasteiger partial charge on any atom is -0.614 e. The number of carbonyl (C=O) groups excluding carboxylic acids is 3. The minimum atomic E-state index is -1.75. The van der Waals surface area contributed by atoms with Gasteiger partial charge in [0.2, 0.25) is 11.3 Å². The van der Waals surface area contributed by atoms with Gasteiger partial charge < -0.3 is 23.8 Å². The van der Waals surface area contributed by atoms with E-state index in [4.69, 9.17) is 13.9 Å². The van der Waals surface area contributed by atoms with Crippen LogP contribution in [-0.4, -0.2) is 62.0 Å². The van der Waals surface area contributed by atoms with Crippen LogP contribution in [0.15, 0.2) is 142 Å². The predicted octanol–water partition coefficient (Wildman–Crippen LogP) is 5.54. The molecule has 1 saturated heterocycles. The van der Waals surface area contributed by atoms with Crippen LogP contribution < -0.4 is 15.7 Å². The van der Waals surface area contributed by atoms with Gasteiger partial charge in [-0.3, -0.25) is 14.5 Å². The van der Waals surface area contributed by atoms with Crippen molar-refractivity contribution in [3.8, 4) is 5.75 Å². The number of rotatable bonds is 13. The first-order chi connectivity index (χ1) is 25.8. The fourth-order valence-corrected chi connectivity index (χ4v) is 9.66. The van der Waals surface area contributed by atoms with E-state index in [1.165, 1.54) is 22.7 Å². The lowest BCUT2D eigenvalue weighted by Gasteiger charge is -2.51. The molecule has 0 spiro atoms. The topological polar surface area (TPSA) is 138 Å². The zero-order chi connectivity index (χ0) is 36.9. The summed E-state index contributed by atoms with van der Waals surface area (Å²) < 4.78 is 32.4. The molecule has 5 aromatic rings. The van der Waals surface area contributed by atoms with E-state index in [1.807, 2.05) is 97.9 Å². The molecule has 1 aromatic heterocycles. The number of ether oxygens (including phenoxy) is 2. The molecule has 4 aromatic carbocycles. The zero-order valence-corrected chi connectivity index (χ0v) is 30.3. The van der Waals surface area contributed by atoms with Crippen molar-refractivity contribution in [2.24, 2.45) is 0 Å². The molecular formula is C41H36N2O8S2. The Morgan fingerprint density at radius 1 is 0.906 bits per heavy atom. The third kappa shape index (κ3) is 7.75. The summed E-state index contributed by atoms with van der Waals surface area (Å²) in [6.07, 6.45) is -0.792. The van der Waals surface area contributed by atoms with Crippen LogP contribution in [0.5, 0.6) is 5.75 Å². The van der Waals surface area contributed by atoms with Crippen LogP contribution in [0.3, 0.4) is 0 Å². The van der Waals surface area contributed by atoms with Gasteiger partial charge in [0.1, 0.15) is 23.6 Å². The number of β-lactam (4-membered cyclic amide) rings is 1. The predicted molar refractivity (Wildman–Crippen MR) is 203 cm³/mol. The molecule has 1 fully saturated rings. The van der Waals surface area contributed by atoms with Gasteiger partial charge in [0.25, 0.3) is 5.91 Å². The van der Waals surface area contributed by atoms with Crippen molar-refractivity contribution in [3.63, 3.8) is 0 Å². The summed E-state index contributed by atoms with van der Waals surface area (Å²) in [7, 11) is 0. The van der Waals surface area contributed by atoms with Crippen LogP contribution in [0.1, 0.15) is 29.7 Å². The van der Waals surface area contributed by atoms with E-state index in [9.17, 15) is 23.7 Å². The molecule has 270 valence electrons. The normalized spacial score (nSPS) is 19.5. The molecule has 53 heavy (non-hydrogen) atoms. The maximum absolute atomic E-state index is 14.6. The number of fused-ring (bicyclic) bond motifs is 2. The lowest BCUT2D eigenvalue weighted by atomic mass is 9.99. The Labute approximate surface area is 313 Å². The fourth-order valence-electron chi connectivity index (χ4n) is 6.52. The summed E-state index contributed by atoms with van der Waals surface area (Å²) in [4.78, 5) is 55.0. The molecule has 2 aliphatic heterocycles. The SMILES string of the molecule is CCSCC1C(COc2ccc3ccc(=O)oc3c2)=C(C(=O)OC(c2ccccc2)c2ccccc2)N2C(=O)[C@@H](NC(=O)Cc3ccccc3)[C@H]2[S+]1[O-]. The molecule has 0 radical (unpaired) electrons. The Morgan fingerprint density at radius 3 is 2.21 bits per heavy atom. The third-order valence-corrected chi connectivity index (χ3v) is 12.3. The first kappa shape index (κ1) is 36.1. The molecule has 3 heterocycles. The van der Waals surface area contributed by atoms with Crippen molar-refractivity contribution < 1.29 is 32.8 Å². The highest BCUT2D eigenvalue weighted by molar-refractivity contribution is 8.01. The summed E-state index contributed by atoms with van der Waals surface area (Å²) >= 11 is -0.214. The Balaban J connectivity index is 1.27. The Morgan fingerprint density at radius 2 is 1.55 bits per heavy atom. The Bertz CT molecular complexity index is 2160. The first-order valence-electron chi connectivity index (χ1n) is 17.2. The molecule has 0 bridgehead atoms. The number of benzene rings is 4. The van der Waals surface area contributed by atoms with E-state index in [0.717, 1.165) is 16.7 Å². The highest BCUT2D eigenvalue weighted by Gasteiger charge is 2.64. The summed E-state index contributed by atoms with van der Waals surface area (Å²) in [6, 6.07) is 34.6. The first-order valence-corrected chi connectivity index (χ1v) is 19.6. The van der Waals surface area contributed by atoms with Gasteiger partial charge in [0, 0.05) is 23.3 Å². The van der Waals surface area contributed by atoms with Crippen LogP contribution in [0.4, 0.5) is 0 Å². The molecule has 2 unspecified atom stereocenters. The third-order valence-electron chi connectivity index (χ3n) is 9.10. The summed E-state index contributed by atoms with van der Waals surface area (Å²) in [5.41, 5.74) is 2.29. The van der Waals surface area contributed by atoms with Gasteiger partial charge in [-0.05, 0) is 51.8 Å². The van der Waals surface area contributed by atoms with Gasteiger partial charge >= 0.3 is 11.6 Å². The van der Waals surface area contributed by atoms with Gasteiger partial charge in [-0.15, -0.1) is 0 Å². The summed E-state index contributed by atoms with van der Waals surface area (Å²) in [6.45, 7) is 1.76. The second kappa shape index (κ2) is 16.2. The van der Waals surface area contributed by atoms with Crippen LogP contribution in [0, 0.1) is 0 Å². The Kier molecular flexibility index (Phi) is 11.0. The van der Waals surface area contributed by atoms with E-state index in [-0.39, 0.29) is 18.7 Å². The molecule has 2 aliphatic rings. The molecule has 7 rings (SSSR count). The number of esters is 1. The molecule has 10 nitrogen and oxygen atoms in total. The van der Waals surface area contributed by atoms with Gasteiger partial charge in [-0.2, -0.15) is 11.8 Å². The largest absolute Gasteiger partial charge is 0.614 e. The Hall–Kier alpha value is -5.30. The molecule has 12 heteroatoms. The van der Waals surface area contributed by atoms with E-state index < -0.39 is 57.4 Å². The van der Waals surface area contributed by atoms with E-state index in [1.54, 1.807) is 24.3 Å². The number of amides is 2. The standard InChI is InChI=1S/C41H36N2O8S2/c1-2-52-25-33-31(24-49-30-20-18-27-19-21-35(45)50-32(27)23-30)37(41(47)51-38(28-14-8-4-9-15-28)29-16-10-5-11-17-29)43-39(46)36(40(43)53(33)48)42-34(44)22-26-12-6-3-7-13-26/h3-21,23,33,36,38,40H,2,22,24-25H2,1H3,(H,42,44)/t33?,36-,40-,53?/m1/s1. The average molecular weight is 749 g/mol. The monoisotopic (exact) mass is 748 g/mol. The molecule has 4 atom stereocenters. The fraction of sp³-hybridized carbons (Fsp3) is 0.220. The average Bonchev–Trinajstić information content (AvgIpc) is 3.18. The van der Waals surface area contributed by atoms with Gasteiger partial charge in [0.05, 0.1) is 12.0 Å². The highest BCUT2D eigenvalue weighted by Crippen LogP contribution is 2.43. The van der Waals surface area contributed by atoms with Crippen molar-refractivity contribution in [2.75, 3.05) is 18.1 Å². The van der Waals surface area contributed by atoms with Crippen molar-refractivity contribution in [3.05, 3.63) is 160 Å². The summed E-state index contributed by atoms with van der Waals surface area (Å²) in [5, 5.41) is 1.76. The summed E-state index contributed by atoms with van der Waals surface area (Å²) in [5.74, 6) is -0.353. The van der Waals surface area contributed by atoms with E-state index in [0.29, 0.717) is 33.8 Å². The lowest BCUT2D eigenvalue weighted by molar-refractivity contribution is -0.155. The van der Waals surface area contributed by atoms with E-state index >= 15 is 0 Å². The van der Waals surface area contributed by atoms with Crippen molar-refractivity contribution in [1.29, 1.82) is 0 Å². The second-order valence-corrected chi connectivity index (χ2v) is 15.5. The maximum Gasteiger partial charge on any atom is 0.356 e. The van der Waals surface area contributed by atoms with Crippen molar-refractivity contribution in [2.45, 2.75) is 36.1 Å². The smallest absolute Gasteiger partial charge is 0.356 e. The number of hydrogen-bond acceptors (Lipinski definition) is 9. The second-order valence-electron chi connectivity index (χ2n) is 12.5. The number of nitrogens with one attached hydrogen (secondary N) is 1. The van der Waals surface area contributed by atoms with Crippen molar-refractivity contribution >= 4 is 51.7 Å². The zero-order valence-electron chi connectivity index (χ0n) is 28.7. The number of carbonyl (C=O) groups is 3. The van der Waals surface area contributed by atoms with E-state index in [2.05, 4.69) is 5.32 Å². The lowest BCUT2D eigenvalue weighted by Crippen LogP contribution is -2.76. The molecule has 0 saturated carbocycles. The quantitative estimate of drug-likeness (QED) is 0.0713. The number of nitrogens with zero attached hydrogens (tertiary/aromatic N) is 1. The van der Waals surface area contributed by atoms with Crippen LogP contribution in [-0.2, 0) is 36.7 Å². The molecule has 0 aliphatic carbocycles. The van der Waals surface area contributed by atoms with Crippen LogP contribution in [0.2, 0.25) is 0 Å². The van der Waals surface area contributed by atoms with Gasteiger partial charge in [-0.25, -0.2) is 9.59 Å². The minimum absolute atomic E-state index is 0.0324. The maximum atomic E-state index is 14.6. The number of hydrogen-bond donors (Lipinski definition) is 1. The van der Waals surface area contributed by atoms with Crippen LogP contribution in [0.25, 0.3) is 11.0 Å². The van der Waals surface area contributed by atoms with Gasteiger partial charge in [0.15, 0.2) is 17.4 Å². The number of thioether (sulfide) groups is 1. The molecular weight excluding hydrogens is 713 g/mol. The van der Waals surface area contributed by atoms with Crippen molar-refractivity contribution in [1.82, 2.24) is 10.2 Å². The molecule has 2 amide bonds. The highest BCUT2D eigenvalue weighted by atomic mass is 32.2. The molecule has 1 N–H and O–H groups in total. The van der Waals surface area contributed by atoms with Gasteiger partial charge in [-0.1, -0.05) is 97.9 Å². The van der Waals surface area contributed by atoms with Crippen LogP contribution >= 0.6 is 11.8 Å².